The zero-order chi connectivity index (χ0) is 13.6. The lowest BCUT2D eigenvalue weighted by Gasteiger charge is -2.25. The van der Waals surface area contributed by atoms with Gasteiger partial charge >= 0.3 is 5.97 Å². The highest BCUT2D eigenvalue weighted by molar-refractivity contribution is 5.81. The average Bonchev–Trinajstić information content (AvgIpc) is 2.94. The lowest BCUT2D eigenvalue weighted by molar-refractivity contribution is -0.151. The minimum absolute atomic E-state index is 0.0689. The Hall–Kier alpha value is -1.35. The third-order valence-corrected chi connectivity index (χ3v) is 3.92. The summed E-state index contributed by atoms with van der Waals surface area (Å²) in [4.78, 5) is 12.1. The fourth-order valence-corrected chi connectivity index (χ4v) is 2.65. The molecule has 1 N–H and O–H groups in total. The second-order valence-corrected chi connectivity index (χ2v) is 5.19. The molecule has 0 radical (unpaired) electrons. The van der Waals surface area contributed by atoms with Gasteiger partial charge < -0.3 is 10.1 Å². The number of benzene rings is 1. The van der Waals surface area contributed by atoms with Crippen LogP contribution in [0.3, 0.4) is 0 Å². The van der Waals surface area contributed by atoms with Crippen LogP contribution < -0.4 is 5.32 Å². The van der Waals surface area contributed by atoms with E-state index in [0.717, 1.165) is 38.6 Å². The highest BCUT2D eigenvalue weighted by Gasteiger charge is 2.40. The topological polar surface area (TPSA) is 38.3 Å². The van der Waals surface area contributed by atoms with Gasteiger partial charge in [-0.3, -0.25) is 4.79 Å². The normalized spacial score (nSPS) is 22.4. The number of carbonyl (C=O) groups excluding carboxylic acids is 1. The molecular formula is C16H23NO2. The van der Waals surface area contributed by atoms with E-state index in [9.17, 15) is 4.79 Å². The molecule has 1 aromatic carbocycles. The van der Waals surface area contributed by atoms with E-state index < -0.39 is 5.54 Å². The maximum absolute atomic E-state index is 12.1. The molecule has 1 aliphatic heterocycles. The maximum Gasteiger partial charge on any atom is 0.326 e. The Bertz CT molecular complexity index is 396. The molecule has 0 aliphatic carbocycles. The second-order valence-electron chi connectivity index (χ2n) is 5.19. The van der Waals surface area contributed by atoms with E-state index in [1.165, 1.54) is 5.56 Å². The highest BCUT2D eigenvalue weighted by Crippen LogP contribution is 2.24. The molecule has 19 heavy (non-hydrogen) atoms. The van der Waals surface area contributed by atoms with Crippen LogP contribution in [-0.4, -0.2) is 24.7 Å². The van der Waals surface area contributed by atoms with Crippen LogP contribution in [0.1, 0.15) is 38.2 Å². The van der Waals surface area contributed by atoms with E-state index in [-0.39, 0.29) is 5.97 Å². The van der Waals surface area contributed by atoms with Crippen molar-refractivity contribution >= 4 is 5.97 Å². The quantitative estimate of drug-likeness (QED) is 0.632. The largest absolute Gasteiger partial charge is 0.464 e. The molecular weight excluding hydrogens is 238 g/mol. The van der Waals surface area contributed by atoms with Crippen LogP contribution in [0.2, 0.25) is 0 Å². The van der Waals surface area contributed by atoms with Crippen molar-refractivity contribution in [3.63, 3.8) is 0 Å². The van der Waals surface area contributed by atoms with Gasteiger partial charge in [0.05, 0.1) is 6.61 Å². The third kappa shape index (κ3) is 3.57. The molecule has 0 aromatic heterocycles. The summed E-state index contributed by atoms with van der Waals surface area (Å²) in [5.41, 5.74) is 0.884. The number of aryl methyl sites for hydroxylation is 1. The van der Waals surface area contributed by atoms with E-state index in [1.54, 1.807) is 0 Å². The molecule has 1 unspecified atom stereocenters. The number of nitrogens with one attached hydrogen (secondary N) is 1. The van der Waals surface area contributed by atoms with E-state index in [2.05, 4.69) is 17.4 Å². The maximum atomic E-state index is 12.1. The first-order chi connectivity index (χ1) is 9.27. The van der Waals surface area contributed by atoms with E-state index in [4.69, 9.17) is 4.74 Å². The van der Waals surface area contributed by atoms with Crippen molar-refractivity contribution in [2.24, 2.45) is 0 Å². The third-order valence-electron chi connectivity index (χ3n) is 3.92. The summed E-state index contributed by atoms with van der Waals surface area (Å²) in [7, 11) is 0. The first kappa shape index (κ1) is 14.1. The summed E-state index contributed by atoms with van der Waals surface area (Å²) in [5, 5.41) is 3.30. The molecule has 3 nitrogen and oxygen atoms in total. The SMILES string of the molecule is CCC1(C(=O)OCCCc2ccccc2)CCCN1. The van der Waals surface area contributed by atoms with Gasteiger partial charge in [0.1, 0.15) is 5.54 Å². The Morgan fingerprint density at radius 2 is 2.16 bits per heavy atom. The molecule has 1 aromatic rings. The van der Waals surface area contributed by atoms with Crippen molar-refractivity contribution in [3.05, 3.63) is 35.9 Å². The van der Waals surface area contributed by atoms with Gasteiger partial charge in [0.15, 0.2) is 0 Å². The Kier molecular flexibility index (Phi) is 4.97. The van der Waals surface area contributed by atoms with E-state index >= 15 is 0 Å². The van der Waals surface area contributed by atoms with Gasteiger partial charge in [0.2, 0.25) is 0 Å². The van der Waals surface area contributed by atoms with Gasteiger partial charge in [-0.2, -0.15) is 0 Å². The van der Waals surface area contributed by atoms with Crippen molar-refractivity contribution in [1.82, 2.24) is 5.32 Å². The molecule has 104 valence electrons. The van der Waals surface area contributed by atoms with Gasteiger partial charge in [-0.1, -0.05) is 37.3 Å². The fourth-order valence-electron chi connectivity index (χ4n) is 2.65. The smallest absolute Gasteiger partial charge is 0.326 e. The standard InChI is InChI=1S/C16H23NO2/c1-2-16(11-7-12-17-16)15(18)19-13-6-10-14-8-4-3-5-9-14/h3-5,8-9,17H,2,6-7,10-13H2,1H3. The summed E-state index contributed by atoms with van der Waals surface area (Å²) in [6, 6.07) is 10.3. The van der Waals surface area contributed by atoms with Gasteiger partial charge in [0.25, 0.3) is 0 Å². The minimum atomic E-state index is -0.410. The second kappa shape index (κ2) is 6.71. The zero-order valence-corrected chi connectivity index (χ0v) is 11.7. The van der Waals surface area contributed by atoms with Crippen LogP contribution >= 0.6 is 0 Å². The molecule has 1 heterocycles. The van der Waals surface area contributed by atoms with E-state index in [1.807, 2.05) is 25.1 Å². The van der Waals surface area contributed by atoms with Crippen molar-refractivity contribution < 1.29 is 9.53 Å². The Balaban J connectivity index is 1.72. The van der Waals surface area contributed by atoms with Gasteiger partial charge in [-0.25, -0.2) is 0 Å². The monoisotopic (exact) mass is 261 g/mol. The van der Waals surface area contributed by atoms with Crippen LogP contribution in [0.25, 0.3) is 0 Å². The van der Waals surface area contributed by atoms with Crippen molar-refractivity contribution in [3.8, 4) is 0 Å². The number of hydrogen-bond donors (Lipinski definition) is 1. The van der Waals surface area contributed by atoms with Crippen LogP contribution in [0.5, 0.6) is 0 Å². The first-order valence-corrected chi connectivity index (χ1v) is 7.23. The van der Waals surface area contributed by atoms with Crippen LogP contribution in [-0.2, 0) is 16.0 Å². The molecule has 1 aliphatic rings. The number of hydrogen-bond acceptors (Lipinski definition) is 3. The molecule has 1 saturated heterocycles. The lowest BCUT2D eigenvalue weighted by Crippen LogP contribution is -2.48. The van der Waals surface area contributed by atoms with Crippen LogP contribution in [0, 0.1) is 0 Å². The molecule has 1 atom stereocenters. The number of rotatable bonds is 6. The lowest BCUT2D eigenvalue weighted by atomic mass is 9.94. The van der Waals surface area contributed by atoms with Crippen molar-refractivity contribution in [2.75, 3.05) is 13.2 Å². The molecule has 0 saturated carbocycles. The molecule has 1 fully saturated rings. The highest BCUT2D eigenvalue weighted by atomic mass is 16.5. The molecule has 0 spiro atoms. The van der Waals surface area contributed by atoms with Gasteiger partial charge in [0, 0.05) is 0 Å². The van der Waals surface area contributed by atoms with E-state index in [0.29, 0.717) is 6.61 Å². The molecule has 0 bridgehead atoms. The summed E-state index contributed by atoms with van der Waals surface area (Å²) in [6.07, 6.45) is 4.62. The average molecular weight is 261 g/mol. The van der Waals surface area contributed by atoms with Crippen LogP contribution in [0.15, 0.2) is 30.3 Å². The first-order valence-electron chi connectivity index (χ1n) is 7.23. The number of ether oxygens (including phenoxy) is 1. The Labute approximate surface area is 115 Å². The predicted molar refractivity (Wildman–Crippen MR) is 76.0 cm³/mol. The van der Waals surface area contributed by atoms with Gasteiger partial charge in [-0.05, 0) is 44.2 Å². The molecule has 2 rings (SSSR count). The minimum Gasteiger partial charge on any atom is -0.464 e. The van der Waals surface area contributed by atoms with Gasteiger partial charge in [-0.15, -0.1) is 0 Å². The summed E-state index contributed by atoms with van der Waals surface area (Å²) < 4.78 is 5.44. The fraction of sp³-hybridized carbons (Fsp3) is 0.562. The van der Waals surface area contributed by atoms with Crippen LogP contribution in [0.4, 0.5) is 0 Å². The van der Waals surface area contributed by atoms with Crippen molar-refractivity contribution in [2.45, 2.75) is 44.6 Å². The Morgan fingerprint density at radius 3 is 2.79 bits per heavy atom. The Morgan fingerprint density at radius 1 is 1.37 bits per heavy atom. The summed E-state index contributed by atoms with van der Waals surface area (Å²) in [5.74, 6) is -0.0689. The molecule has 3 heteroatoms. The number of carbonyl (C=O) groups is 1. The molecule has 0 amide bonds. The van der Waals surface area contributed by atoms with Crippen molar-refractivity contribution in [1.29, 1.82) is 0 Å². The summed E-state index contributed by atoms with van der Waals surface area (Å²) in [6.45, 7) is 3.48. The predicted octanol–water partition coefficient (Wildman–Crippen LogP) is 2.69. The zero-order valence-electron chi connectivity index (χ0n) is 11.7. The number of esters is 1. The summed E-state index contributed by atoms with van der Waals surface area (Å²) >= 11 is 0.